The Morgan fingerprint density at radius 1 is 0.941 bits per heavy atom. The lowest BCUT2D eigenvalue weighted by Gasteiger charge is -2.12. The number of nitrogen functional groups attached to an aromatic ring is 1. The molecule has 0 radical (unpaired) electrons. The minimum atomic E-state index is 0.512. The Kier molecular flexibility index (Phi) is 3.33. The second kappa shape index (κ2) is 4.91. The van der Waals surface area contributed by atoms with Crippen LogP contribution in [-0.2, 0) is 6.61 Å². The lowest BCUT2D eigenvalue weighted by Crippen LogP contribution is -2.01. The van der Waals surface area contributed by atoms with Crippen molar-refractivity contribution >= 4 is 5.69 Å². The molecule has 0 unspecified atom stereocenters. The van der Waals surface area contributed by atoms with Gasteiger partial charge in [-0.25, -0.2) is 0 Å². The molecule has 0 heterocycles. The highest BCUT2D eigenvalue weighted by atomic mass is 16.5. The predicted molar refractivity (Wildman–Crippen MR) is 71.1 cm³/mol. The van der Waals surface area contributed by atoms with Crippen molar-refractivity contribution in [3.05, 3.63) is 59.2 Å². The minimum absolute atomic E-state index is 0.512. The van der Waals surface area contributed by atoms with E-state index in [0.717, 1.165) is 28.1 Å². The molecule has 17 heavy (non-hydrogen) atoms. The molecule has 0 atom stereocenters. The summed E-state index contributed by atoms with van der Waals surface area (Å²) in [6.45, 7) is 4.62. The van der Waals surface area contributed by atoms with Crippen molar-refractivity contribution in [2.45, 2.75) is 20.5 Å². The fraction of sp³-hybridized carbons (Fsp3) is 0.200. The molecule has 2 nitrogen and oxygen atoms in total. The van der Waals surface area contributed by atoms with Crippen LogP contribution in [0.5, 0.6) is 5.75 Å². The number of rotatable bonds is 3. The van der Waals surface area contributed by atoms with Gasteiger partial charge in [0.15, 0.2) is 0 Å². The van der Waals surface area contributed by atoms with Crippen LogP contribution in [0, 0.1) is 13.8 Å². The maximum atomic E-state index is 5.88. The number of aryl methyl sites for hydroxylation is 2. The van der Waals surface area contributed by atoms with Crippen LogP contribution in [0.4, 0.5) is 5.69 Å². The fourth-order valence-electron chi connectivity index (χ4n) is 1.84. The lowest BCUT2D eigenvalue weighted by atomic mass is 10.1. The van der Waals surface area contributed by atoms with Crippen molar-refractivity contribution < 1.29 is 4.74 Å². The standard InChI is InChI=1S/C15H17NO/c1-11-6-5-7-12(2)15(11)17-10-13-8-3-4-9-14(13)16/h3-9H,10,16H2,1-2H3. The third-order valence-electron chi connectivity index (χ3n) is 2.84. The van der Waals surface area contributed by atoms with Crippen LogP contribution in [0.3, 0.4) is 0 Å². The largest absolute Gasteiger partial charge is 0.488 e. The lowest BCUT2D eigenvalue weighted by molar-refractivity contribution is 0.302. The molecule has 0 aliphatic rings. The first-order chi connectivity index (χ1) is 8.18. The second-order valence-corrected chi connectivity index (χ2v) is 4.21. The van der Waals surface area contributed by atoms with Gasteiger partial charge in [-0.05, 0) is 31.0 Å². The van der Waals surface area contributed by atoms with Gasteiger partial charge in [-0.1, -0.05) is 36.4 Å². The molecule has 0 amide bonds. The van der Waals surface area contributed by atoms with E-state index in [4.69, 9.17) is 10.5 Å². The first-order valence-electron chi connectivity index (χ1n) is 5.71. The van der Waals surface area contributed by atoms with Crippen molar-refractivity contribution in [3.63, 3.8) is 0 Å². The first kappa shape index (κ1) is 11.5. The summed E-state index contributed by atoms with van der Waals surface area (Å²) < 4.78 is 5.85. The quantitative estimate of drug-likeness (QED) is 0.815. The zero-order valence-electron chi connectivity index (χ0n) is 10.2. The summed E-state index contributed by atoms with van der Waals surface area (Å²) in [5, 5.41) is 0. The Labute approximate surface area is 102 Å². The van der Waals surface area contributed by atoms with E-state index < -0.39 is 0 Å². The Hall–Kier alpha value is -1.96. The minimum Gasteiger partial charge on any atom is -0.488 e. The molecule has 2 aromatic carbocycles. The summed E-state index contributed by atoms with van der Waals surface area (Å²) in [5.74, 6) is 0.954. The number of hydrogen-bond donors (Lipinski definition) is 1. The molecule has 0 saturated carbocycles. The van der Waals surface area contributed by atoms with E-state index in [1.165, 1.54) is 0 Å². The van der Waals surface area contributed by atoms with Crippen LogP contribution in [0.2, 0.25) is 0 Å². The highest BCUT2D eigenvalue weighted by Crippen LogP contribution is 2.24. The molecule has 2 N–H and O–H groups in total. The maximum absolute atomic E-state index is 5.88. The number of nitrogens with two attached hydrogens (primary N) is 1. The van der Waals surface area contributed by atoms with Crippen LogP contribution in [0.15, 0.2) is 42.5 Å². The number of anilines is 1. The second-order valence-electron chi connectivity index (χ2n) is 4.21. The van der Waals surface area contributed by atoms with E-state index in [1.54, 1.807) is 0 Å². The molecule has 88 valence electrons. The van der Waals surface area contributed by atoms with E-state index >= 15 is 0 Å². The predicted octanol–water partition coefficient (Wildman–Crippen LogP) is 3.46. The van der Waals surface area contributed by atoms with Gasteiger partial charge in [-0.3, -0.25) is 0 Å². The van der Waals surface area contributed by atoms with Crippen molar-refractivity contribution in [1.82, 2.24) is 0 Å². The zero-order chi connectivity index (χ0) is 12.3. The smallest absolute Gasteiger partial charge is 0.125 e. The SMILES string of the molecule is Cc1cccc(C)c1OCc1ccccc1N. The third kappa shape index (κ3) is 2.59. The molecule has 2 rings (SSSR count). The summed E-state index contributed by atoms with van der Waals surface area (Å²) in [6.07, 6.45) is 0. The molecule has 0 aromatic heterocycles. The summed E-state index contributed by atoms with van der Waals surface area (Å²) in [4.78, 5) is 0. The van der Waals surface area contributed by atoms with Gasteiger partial charge in [0.05, 0.1) is 0 Å². The number of hydrogen-bond acceptors (Lipinski definition) is 2. The Balaban J connectivity index is 2.16. The van der Waals surface area contributed by atoms with E-state index in [2.05, 4.69) is 26.0 Å². The van der Waals surface area contributed by atoms with Crippen LogP contribution in [-0.4, -0.2) is 0 Å². The molecule has 0 aliphatic heterocycles. The van der Waals surface area contributed by atoms with Gasteiger partial charge < -0.3 is 10.5 Å². The molecule has 0 saturated heterocycles. The Morgan fingerprint density at radius 3 is 2.24 bits per heavy atom. The normalized spacial score (nSPS) is 10.2. The van der Waals surface area contributed by atoms with Crippen molar-refractivity contribution in [1.29, 1.82) is 0 Å². The van der Waals surface area contributed by atoms with Gasteiger partial charge in [-0.2, -0.15) is 0 Å². The van der Waals surface area contributed by atoms with Crippen LogP contribution >= 0.6 is 0 Å². The van der Waals surface area contributed by atoms with Gasteiger partial charge in [0, 0.05) is 11.3 Å². The first-order valence-corrected chi connectivity index (χ1v) is 5.71. The summed E-state index contributed by atoms with van der Waals surface area (Å²) in [6, 6.07) is 13.9. The molecule has 2 aromatic rings. The highest BCUT2D eigenvalue weighted by Gasteiger charge is 2.04. The molecule has 0 aliphatic carbocycles. The molecule has 0 spiro atoms. The molecular formula is C15H17NO. The zero-order valence-corrected chi connectivity index (χ0v) is 10.2. The van der Waals surface area contributed by atoms with E-state index in [0.29, 0.717) is 6.61 Å². The van der Waals surface area contributed by atoms with Gasteiger partial charge in [0.2, 0.25) is 0 Å². The Morgan fingerprint density at radius 2 is 1.59 bits per heavy atom. The van der Waals surface area contributed by atoms with Crippen molar-refractivity contribution in [2.24, 2.45) is 0 Å². The Bertz CT molecular complexity index is 500. The summed E-state index contributed by atoms with van der Waals surface area (Å²) in [5.41, 5.74) is 9.99. The van der Waals surface area contributed by atoms with Crippen molar-refractivity contribution in [3.8, 4) is 5.75 Å². The average molecular weight is 227 g/mol. The van der Waals surface area contributed by atoms with Gasteiger partial charge in [0.1, 0.15) is 12.4 Å². The maximum Gasteiger partial charge on any atom is 0.125 e. The van der Waals surface area contributed by atoms with Crippen LogP contribution in [0.25, 0.3) is 0 Å². The number of benzene rings is 2. The summed E-state index contributed by atoms with van der Waals surface area (Å²) in [7, 11) is 0. The number of para-hydroxylation sites is 2. The van der Waals surface area contributed by atoms with Crippen molar-refractivity contribution in [2.75, 3.05) is 5.73 Å². The fourth-order valence-corrected chi connectivity index (χ4v) is 1.84. The van der Waals surface area contributed by atoms with Gasteiger partial charge in [0.25, 0.3) is 0 Å². The molecular weight excluding hydrogens is 210 g/mol. The van der Waals surface area contributed by atoms with Crippen LogP contribution < -0.4 is 10.5 Å². The highest BCUT2D eigenvalue weighted by molar-refractivity contribution is 5.46. The molecule has 0 fully saturated rings. The monoisotopic (exact) mass is 227 g/mol. The van der Waals surface area contributed by atoms with E-state index in [1.807, 2.05) is 30.3 Å². The number of ether oxygens (including phenoxy) is 1. The van der Waals surface area contributed by atoms with Gasteiger partial charge >= 0.3 is 0 Å². The summed E-state index contributed by atoms with van der Waals surface area (Å²) >= 11 is 0. The third-order valence-corrected chi connectivity index (χ3v) is 2.84. The molecule has 0 bridgehead atoms. The average Bonchev–Trinajstić information content (AvgIpc) is 2.30. The van der Waals surface area contributed by atoms with Crippen LogP contribution in [0.1, 0.15) is 16.7 Å². The topological polar surface area (TPSA) is 35.2 Å². The van der Waals surface area contributed by atoms with E-state index in [-0.39, 0.29) is 0 Å². The van der Waals surface area contributed by atoms with E-state index in [9.17, 15) is 0 Å². The van der Waals surface area contributed by atoms with Gasteiger partial charge in [-0.15, -0.1) is 0 Å². The molecule has 2 heteroatoms.